The Hall–Kier alpha value is -1.64. The molecular weight excluding hydrogens is 192 g/mol. The molecule has 0 atom stereocenters. The first-order valence-corrected chi connectivity index (χ1v) is 4.91. The van der Waals surface area contributed by atoms with E-state index in [1.807, 2.05) is 38.2 Å². The topological polar surface area (TPSA) is 43.4 Å². The second-order valence-corrected chi connectivity index (χ2v) is 3.18. The van der Waals surface area contributed by atoms with Crippen LogP contribution in [0.3, 0.4) is 0 Å². The lowest BCUT2D eigenvalue weighted by Gasteiger charge is -1.94. The number of ether oxygens (including phenoxy) is 1. The van der Waals surface area contributed by atoms with Crippen LogP contribution < -0.4 is 0 Å². The molecule has 0 amide bonds. The summed E-state index contributed by atoms with van der Waals surface area (Å²) < 4.78 is 4.56. The summed E-state index contributed by atoms with van der Waals surface area (Å²) in [5.41, 5.74) is 0.965. The molecule has 1 aliphatic rings. The molecule has 0 spiro atoms. The number of rotatable bonds is 4. The highest BCUT2D eigenvalue weighted by Gasteiger charge is 2.30. The van der Waals surface area contributed by atoms with E-state index in [0.29, 0.717) is 24.0 Å². The minimum absolute atomic E-state index is 0.466. The number of carbonyl (C=O) groups excluding carboxylic acids is 2. The molecule has 1 heterocycles. The average Bonchev–Trinajstić information content (AvgIpc) is 2.47. The van der Waals surface area contributed by atoms with Gasteiger partial charge in [-0.15, -0.1) is 0 Å². The van der Waals surface area contributed by atoms with Gasteiger partial charge in [0.2, 0.25) is 0 Å². The third-order valence-electron chi connectivity index (χ3n) is 2.16. The van der Waals surface area contributed by atoms with Gasteiger partial charge >= 0.3 is 11.9 Å². The van der Waals surface area contributed by atoms with E-state index in [1.165, 1.54) is 0 Å². The van der Waals surface area contributed by atoms with Gasteiger partial charge in [-0.05, 0) is 26.7 Å². The zero-order valence-electron chi connectivity index (χ0n) is 8.95. The molecule has 0 aromatic heterocycles. The summed E-state index contributed by atoms with van der Waals surface area (Å²) in [6.45, 7) is 3.74. The average molecular weight is 206 g/mol. The minimum atomic E-state index is -0.502. The Morgan fingerprint density at radius 3 is 1.67 bits per heavy atom. The van der Waals surface area contributed by atoms with Gasteiger partial charge in [0.1, 0.15) is 0 Å². The molecular formula is C12H14O3. The van der Waals surface area contributed by atoms with E-state index in [4.69, 9.17) is 0 Å². The fourth-order valence-electron chi connectivity index (χ4n) is 1.34. The number of cyclic esters (lactones) is 2. The second kappa shape index (κ2) is 5.29. The van der Waals surface area contributed by atoms with E-state index in [9.17, 15) is 9.59 Å². The Balaban J connectivity index is 2.92. The molecule has 0 radical (unpaired) electrons. The number of hydrogen-bond donors (Lipinski definition) is 0. The molecule has 0 aromatic rings. The summed E-state index contributed by atoms with van der Waals surface area (Å²) in [6.07, 6.45) is 8.30. The van der Waals surface area contributed by atoms with Crippen molar-refractivity contribution in [2.24, 2.45) is 0 Å². The number of carbonyl (C=O) groups is 2. The maximum Gasteiger partial charge on any atom is 0.342 e. The van der Waals surface area contributed by atoms with Crippen LogP contribution in [0.4, 0.5) is 0 Å². The van der Waals surface area contributed by atoms with E-state index in [2.05, 4.69) is 4.74 Å². The second-order valence-electron chi connectivity index (χ2n) is 3.18. The van der Waals surface area contributed by atoms with Crippen LogP contribution in [0.2, 0.25) is 0 Å². The fraction of sp³-hybridized carbons (Fsp3) is 0.333. The van der Waals surface area contributed by atoms with Crippen LogP contribution in [0.5, 0.6) is 0 Å². The molecule has 0 unspecified atom stereocenters. The van der Waals surface area contributed by atoms with Crippen LogP contribution in [-0.4, -0.2) is 11.9 Å². The van der Waals surface area contributed by atoms with Crippen LogP contribution in [-0.2, 0) is 14.3 Å². The Morgan fingerprint density at radius 1 is 0.933 bits per heavy atom. The van der Waals surface area contributed by atoms with Crippen LogP contribution in [0.1, 0.15) is 26.7 Å². The van der Waals surface area contributed by atoms with Crippen LogP contribution in [0.15, 0.2) is 35.5 Å². The van der Waals surface area contributed by atoms with Gasteiger partial charge in [0.05, 0.1) is 11.1 Å². The maximum atomic E-state index is 11.3. The molecule has 0 saturated carbocycles. The summed E-state index contributed by atoms with van der Waals surface area (Å²) >= 11 is 0. The Morgan fingerprint density at radius 2 is 1.33 bits per heavy atom. The molecule has 3 heteroatoms. The molecule has 0 aliphatic carbocycles. The smallest absolute Gasteiger partial charge is 0.342 e. The van der Waals surface area contributed by atoms with Gasteiger partial charge in [-0.3, -0.25) is 0 Å². The van der Waals surface area contributed by atoms with Crippen molar-refractivity contribution in [2.75, 3.05) is 0 Å². The molecule has 0 aromatic carbocycles. The lowest BCUT2D eigenvalue weighted by molar-refractivity contribution is -0.151. The molecule has 1 rings (SSSR count). The SMILES string of the molecule is C/C=C/CC1=C(C/C=C/C)C(=O)OC1=O. The van der Waals surface area contributed by atoms with Crippen LogP contribution in [0, 0.1) is 0 Å². The lowest BCUT2D eigenvalue weighted by atomic mass is 10.0. The zero-order valence-corrected chi connectivity index (χ0v) is 8.95. The van der Waals surface area contributed by atoms with E-state index in [0.717, 1.165) is 0 Å². The summed E-state index contributed by atoms with van der Waals surface area (Å²) in [5, 5.41) is 0. The summed E-state index contributed by atoms with van der Waals surface area (Å²) in [4.78, 5) is 22.6. The highest BCUT2D eigenvalue weighted by atomic mass is 16.6. The van der Waals surface area contributed by atoms with Gasteiger partial charge in [-0.1, -0.05) is 24.3 Å². The molecule has 0 bridgehead atoms. The van der Waals surface area contributed by atoms with Crippen molar-refractivity contribution in [1.82, 2.24) is 0 Å². The first-order chi connectivity index (χ1) is 7.20. The molecule has 0 N–H and O–H groups in total. The van der Waals surface area contributed by atoms with Gasteiger partial charge in [0.25, 0.3) is 0 Å². The van der Waals surface area contributed by atoms with Gasteiger partial charge in [0, 0.05) is 0 Å². The largest absolute Gasteiger partial charge is 0.386 e. The number of hydrogen-bond acceptors (Lipinski definition) is 3. The molecule has 3 nitrogen and oxygen atoms in total. The maximum absolute atomic E-state index is 11.3. The standard InChI is InChI=1S/C12H14O3/c1-3-5-7-9-10(8-6-4-2)12(14)15-11(9)13/h3-6H,7-8H2,1-2H3/b5-3+,6-4+. The number of allylic oxidation sites excluding steroid dienone is 4. The quantitative estimate of drug-likeness (QED) is 0.402. The molecule has 80 valence electrons. The fourth-order valence-corrected chi connectivity index (χ4v) is 1.34. The van der Waals surface area contributed by atoms with Crippen molar-refractivity contribution in [1.29, 1.82) is 0 Å². The summed E-state index contributed by atoms with van der Waals surface area (Å²) in [5.74, 6) is -1.00. The Kier molecular flexibility index (Phi) is 4.03. The van der Waals surface area contributed by atoms with E-state index in [1.54, 1.807) is 0 Å². The van der Waals surface area contributed by atoms with Gasteiger partial charge in [-0.25, -0.2) is 9.59 Å². The lowest BCUT2D eigenvalue weighted by Crippen LogP contribution is -2.01. The van der Waals surface area contributed by atoms with Crippen LogP contribution in [0.25, 0.3) is 0 Å². The third kappa shape index (κ3) is 2.65. The minimum Gasteiger partial charge on any atom is -0.386 e. The summed E-state index contributed by atoms with van der Waals surface area (Å²) in [6, 6.07) is 0. The first kappa shape index (κ1) is 11.4. The predicted molar refractivity (Wildman–Crippen MR) is 57.0 cm³/mol. The monoisotopic (exact) mass is 206 g/mol. The zero-order chi connectivity index (χ0) is 11.3. The van der Waals surface area contributed by atoms with Crippen molar-refractivity contribution in [3.8, 4) is 0 Å². The predicted octanol–water partition coefficient (Wildman–Crippen LogP) is 2.30. The molecule has 15 heavy (non-hydrogen) atoms. The summed E-state index contributed by atoms with van der Waals surface area (Å²) in [7, 11) is 0. The highest BCUT2D eigenvalue weighted by Crippen LogP contribution is 2.23. The van der Waals surface area contributed by atoms with Crippen molar-refractivity contribution < 1.29 is 14.3 Å². The van der Waals surface area contributed by atoms with Crippen molar-refractivity contribution in [2.45, 2.75) is 26.7 Å². The normalized spacial score (nSPS) is 17.2. The van der Waals surface area contributed by atoms with E-state index < -0.39 is 11.9 Å². The Bertz CT molecular complexity index is 325. The van der Waals surface area contributed by atoms with Crippen LogP contribution >= 0.6 is 0 Å². The van der Waals surface area contributed by atoms with Crippen molar-refractivity contribution in [3.63, 3.8) is 0 Å². The third-order valence-corrected chi connectivity index (χ3v) is 2.16. The van der Waals surface area contributed by atoms with E-state index >= 15 is 0 Å². The molecule has 1 aliphatic heterocycles. The Labute approximate surface area is 89.1 Å². The van der Waals surface area contributed by atoms with Gasteiger partial charge in [0.15, 0.2) is 0 Å². The van der Waals surface area contributed by atoms with Gasteiger partial charge < -0.3 is 4.74 Å². The first-order valence-electron chi connectivity index (χ1n) is 4.91. The van der Waals surface area contributed by atoms with Crippen molar-refractivity contribution in [3.05, 3.63) is 35.5 Å². The van der Waals surface area contributed by atoms with Gasteiger partial charge in [-0.2, -0.15) is 0 Å². The number of esters is 2. The molecule has 0 saturated heterocycles. The molecule has 0 fully saturated rings. The van der Waals surface area contributed by atoms with E-state index in [-0.39, 0.29) is 0 Å². The van der Waals surface area contributed by atoms with Crippen molar-refractivity contribution >= 4 is 11.9 Å². The highest BCUT2D eigenvalue weighted by molar-refractivity contribution is 6.12.